The summed E-state index contributed by atoms with van der Waals surface area (Å²) in [5, 5.41) is 2.87. The van der Waals surface area contributed by atoms with E-state index in [9.17, 15) is 9.59 Å². The van der Waals surface area contributed by atoms with Gasteiger partial charge in [0, 0.05) is 13.1 Å². The maximum atomic E-state index is 13.2. The molecule has 0 saturated carbocycles. The van der Waals surface area contributed by atoms with E-state index in [-0.39, 0.29) is 11.8 Å². The van der Waals surface area contributed by atoms with Gasteiger partial charge in [0.15, 0.2) is 0 Å². The van der Waals surface area contributed by atoms with Crippen molar-refractivity contribution in [2.75, 3.05) is 6.54 Å². The van der Waals surface area contributed by atoms with Crippen LogP contribution in [0.3, 0.4) is 0 Å². The Balaban J connectivity index is 2.29. The predicted molar refractivity (Wildman–Crippen MR) is 109 cm³/mol. The molecule has 0 spiro atoms. The molecule has 0 aliphatic carbocycles. The van der Waals surface area contributed by atoms with Crippen molar-refractivity contribution in [3.8, 4) is 0 Å². The van der Waals surface area contributed by atoms with E-state index < -0.39 is 6.04 Å². The third-order valence-electron chi connectivity index (χ3n) is 4.61. The van der Waals surface area contributed by atoms with Crippen LogP contribution in [0.15, 0.2) is 48.5 Å². The Bertz CT molecular complexity index is 785. The second-order valence-electron chi connectivity index (χ2n) is 7.00. The standard InChI is InChI=1S/C23H30N2O2/c1-5-21(23(27)24-6-2)25(16-20-12-8-10-18(4)14-20)22(26)15-19-11-7-9-17(3)13-19/h7-14,21H,5-6,15-16H2,1-4H3,(H,24,27)/t21-/m0/s1. The number of carbonyl (C=O) groups is 2. The highest BCUT2D eigenvalue weighted by atomic mass is 16.2. The number of rotatable bonds is 8. The van der Waals surface area contributed by atoms with E-state index in [1.807, 2.05) is 70.2 Å². The molecular formula is C23H30N2O2. The van der Waals surface area contributed by atoms with E-state index in [0.29, 0.717) is 25.9 Å². The first kappa shape index (κ1) is 20.7. The van der Waals surface area contributed by atoms with Crippen LogP contribution in [0.25, 0.3) is 0 Å². The molecule has 1 N–H and O–H groups in total. The lowest BCUT2D eigenvalue weighted by Crippen LogP contribution is -2.49. The summed E-state index contributed by atoms with van der Waals surface area (Å²) in [7, 11) is 0. The van der Waals surface area contributed by atoms with E-state index in [2.05, 4.69) is 11.4 Å². The quantitative estimate of drug-likeness (QED) is 0.773. The van der Waals surface area contributed by atoms with Gasteiger partial charge in [-0.2, -0.15) is 0 Å². The molecule has 0 heterocycles. The molecule has 0 aromatic heterocycles. The monoisotopic (exact) mass is 366 g/mol. The predicted octanol–water partition coefficient (Wildman–Crippen LogP) is 3.79. The average Bonchev–Trinajstić information content (AvgIpc) is 2.62. The highest BCUT2D eigenvalue weighted by Crippen LogP contribution is 2.16. The molecule has 0 saturated heterocycles. The van der Waals surface area contributed by atoms with Gasteiger partial charge in [0.05, 0.1) is 6.42 Å². The third kappa shape index (κ3) is 5.95. The maximum absolute atomic E-state index is 13.2. The number of nitrogens with zero attached hydrogens (tertiary/aromatic N) is 1. The zero-order valence-electron chi connectivity index (χ0n) is 16.8. The van der Waals surface area contributed by atoms with Gasteiger partial charge in [-0.25, -0.2) is 0 Å². The van der Waals surface area contributed by atoms with Crippen molar-refractivity contribution in [2.24, 2.45) is 0 Å². The van der Waals surface area contributed by atoms with Crippen molar-refractivity contribution in [3.05, 3.63) is 70.8 Å². The normalized spacial score (nSPS) is 11.7. The van der Waals surface area contributed by atoms with Crippen LogP contribution in [0.4, 0.5) is 0 Å². The first-order chi connectivity index (χ1) is 12.9. The zero-order valence-corrected chi connectivity index (χ0v) is 16.8. The number of likely N-dealkylation sites (N-methyl/N-ethyl adjacent to an activating group) is 1. The number of hydrogen-bond donors (Lipinski definition) is 1. The smallest absolute Gasteiger partial charge is 0.242 e. The molecule has 4 heteroatoms. The van der Waals surface area contributed by atoms with Crippen molar-refractivity contribution in [2.45, 2.75) is 53.1 Å². The maximum Gasteiger partial charge on any atom is 0.242 e. The van der Waals surface area contributed by atoms with Crippen LogP contribution < -0.4 is 5.32 Å². The van der Waals surface area contributed by atoms with Crippen molar-refractivity contribution in [1.29, 1.82) is 0 Å². The van der Waals surface area contributed by atoms with Crippen molar-refractivity contribution < 1.29 is 9.59 Å². The largest absolute Gasteiger partial charge is 0.355 e. The van der Waals surface area contributed by atoms with E-state index in [1.165, 1.54) is 0 Å². The minimum absolute atomic E-state index is 0.0276. The fourth-order valence-electron chi connectivity index (χ4n) is 3.32. The molecule has 4 nitrogen and oxygen atoms in total. The highest BCUT2D eigenvalue weighted by molar-refractivity contribution is 5.88. The van der Waals surface area contributed by atoms with Gasteiger partial charge in [-0.1, -0.05) is 66.6 Å². The minimum Gasteiger partial charge on any atom is -0.355 e. The van der Waals surface area contributed by atoms with Crippen LogP contribution in [0.5, 0.6) is 0 Å². The Hall–Kier alpha value is -2.62. The minimum atomic E-state index is -0.470. The second kappa shape index (κ2) is 9.91. The number of amides is 2. The Kier molecular flexibility index (Phi) is 7.59. The summed E-state index contributed by atoms with van der Waals surface area (Å²) >= 11 is 0. The summed E-state index contributed by atoms with van der Waals surface area (Å²) in [6.45, 7) is 8.88. The van der Waals surface area contributed by atoms with Gasteiger partial charge in [-0.05, 0) is 38.3 Å². The Morgan fingerprint density at radius 2 is 1.56 bits per heavy atom. The van der Waals surface area contributed by atoms with Gasteiger partial charge in [0.2, 0.25) is 11.8 Å². The van der Waals surface area contributed by atoms with Crippen LogP contribution in [0, 0.1) is 13.8 Å². The molecule has 0 aliphatic heterocycles. The first-order valence-electron chi connectivity index (χ1n) is 9.62. The fraction of sp³-hybridized carbons (Fsp3) is 0.391. The van der Waals surface area contributed by atoms with Crippen molar-refractivity contribution >= 4 is 11.8 Å². The van der Waals surface area contributed by atoms with Crippen molar-refractivity contribution in [1.82, 2.24) is 10.2 Å². The lowest BCUT2D eigenvalue weighted by Gasteiger charge is -2.30. The lowest BCUT2D eigenvalue weighted by molar-refractivity contribution is -0.140. The first-order valence-corrected chi connectivity index (χ1v) is 9.62. The van der Waals surface area contributed by atoms with Crippen LogP contribution in [-0.4, -0.2) is 29.3 Å². The molecule has 2 rings (SSSR count). The molecule has 27 heavy (non-hydrogen) atoms. The zero-order chi connectivity index (χ0) is 19.8. The molecule has 2 amide bonds. The number of nitrogens with one attached hydrogen (secondary N) is 1. The van der Waals surface area contributed by atoms with Crippen LogP contribution in [0.1, 0.15) is 42.5 Å². The van der Waals surface area contributed by atoms with Gasteiger partial charge in [0.1, 0.15) is 6.04 Å². The molecule has 0 bridgehead atoms. The molecule has 0 fully saturated rings. The molecule has 0 aliphatic rings. The van der Waals surface area contributed by atoms with E-state index in [1.54, 1.807) is 4.90 Å². The second-order valence-corrected chi connectivity index (χ2v) is 7.00. The summed E-state index contributed by atoms with van der Waals surface area (Å²) in [6, 6.07) is 15.6. The van der Waals surface area contributed by atoms with E-state index >= 15 is 0 Å². The average molecular weight is 367 g/mol. The van der Waals surface area contributed by atoms with Gasteiger partial charge in [0.25, 0.3) is 0 Å². The third-order valence-corrected chi connectivity index (χ3v) is 4.61. The highest BCUT2D eigenvalue weighted by Gasteiger charge is 2.28. The Morgan fingerprint density at radius 3 is 2.11 bits per heavy atom. The number of hydrogen-bond acceptors (Lipinski definition) is 2. The summed E-state index contributed by atoms with van der Waals surface area (Å²) in [6.07, 6.45) is 0.876. The Labute approximate surface area is 162 Å². The SMILES string of the molecule is CCNC(=O)[C@H](CC)N(Cc1cccc(C)c1)C(=O)Cc1cccc(C)c1. The molecule has 2 aromatic carbocycles. The van der Waals surface area contributed by atoms with Gasteiger partial charge < -0.3 is 10.2 Å². The molecule has 0 unspecified atom stereocenters. The van der Waals surface area contributed by atoms with Gasteiger partial charge >= 0.3 is 0 Å². The van der Waals surface area contributed by atoms with Crippen molar-refractivity contribution in [3.63, 3.8) is 0 Å². The summed E-state index contributed by atoms with van der Waals surface area (Å²) in [5.41, 5.74) is 4.28. The summed E-state index contributed by atoms with van der Waals surface area (Å²) < 4.78 is 0. The molecule has 0 radical (unpaired) electrons. The van der Waals surface area contributed by atoms with Gasteiger partial charge in [-0.3, -0.25) is 9.59 Å². The fourth-order valence-corrected chi connectivity index (χ4v) is 3.32. The number of aryl methyl sites for hydroxylation is 2. The van der Waals surface area contributed by atoms with E-state index in [4.69, 9.17) is 0 Å². The Morgan fingerprint density at radius 1 is 0.963 bits per heavy atom. The lowest BCUT2D eigenvalue weighted by atomic mass is 10.0. The number of benzene rings is 2. The molecule has 2 aromatic rings. The molecule has 144 valence electrons. The molecule has 1 atom stereocenters. The molecular weight excluding hydrogens is 336 g/mol. The van der Waals surface area contributed by atoms with Gasteiger partial charge in [-0.15, -0.1) is 0 Å². The topological polar surface area (TPSA) is 49.4 Å². The van der Waals surface area contributed by atoms with Crippen LogP contribution >= 0.6 is 0 Å². The van der Waals surface area contributed by atoms with Crippen LogP contribution in [-0.2, 0) is 22.6 Å². The number of carbonyl (C=O) groups excluding carboxylic acids is 2. The van der Waals surface area contributed by atoms with E-state index in [0.717, 1.165) is 22.3 Å². The summed E-state index contributed by atoms with van der Waals surface area (Å²) in [4.78, 5) is 27.5. The van der Waals surface area contributed by atoms with Crippen LogP contribution in [0.2, 0.25) is 0 Å². The summed E-state index contributed by atoms with van der Waals surface area (Å²) in [5.74, 6) is -0.120.